The third-order valence-electron chi connectivity index (χ3n) is 11.8. The maximum atomic E-state index is 13.5. The van der Waals surface area contributed by atoms with E-state index in [1.54, 1.807) is 12.1 Å². The fourth-order valence-electron chi connectivity index (χ4n) is 8.78. The van der Waals surface area contributed by atoms with Crippen LogP contribution in [0.5, 0.6) is 0 Å². The molecule has 3 unspecified atom stereocenters. The number of fused-ring (bicyclic) bond motifs is 2. The van der Waals surface area contributed by atoms with Crippen LogP contribution in [0.4, 0.5) is 30.2 Å². The van der Waals surface area contributed by atoms with Crippen molar-refractivity contribution in [3.63, 3.8) is 0 Å². The Labute approximate surface area is 347 Å². The lowest BCUT2D eigenvalue weighted by molar-refractivity contribution is -0.138. The fraction of sp³-hybridized carbons (Fsp3) is 0.410. The van der Waals surface area contributed by atoms with E-state index in [1.165, 1.54) is 22.5 Å². The van der Waals surface area contributed by atoms with Gasteiger partial charge in [-0.25, -0.2) is 0 Å². The van der Waals surface area contributed by atoms with Gasteiger partial charge in [0.25, 0.3) is 17.7 Å². The third kappa shape index (κ3) is 8.24. The molecule has 4 fully saturated rings. The Balaban J connectivity index is 0.830. The number of amides is 5. The molecule has 5 heterocycles. The second-order valence-corrected chi connectivity index (χ2v) is 18.1. The summed E-state index contributed by atoms with van der Waals surface area (Å²) in [4.78, 5) is 69.4. The van der Waals surface area contributed by atoms with Crippen LogP contribution < -0.4 is 20.3 Å². The topological polar surface area (TPSA) is 169 Å². The van der Waals surface area contributed by atoms with Crippen LogP contribution in [-0.2, 0) is 26.0 Å². The molecule has 3 aromatic rings. The van der Waals surface area contributed by atoms with Crippen molar-refractivity contribution in [1.29, 1.82) is 0 Å². The number of rotatable bonds is 9. The maximum absolute atomic E-state index is 13.5. The lowest BCUT2D eigenvalue weighted by atomic mass is 9.97. The number of anilines is 3. The summed E-state index contributed by atoms with van der Waals surface area (Å²) in [5.41, 5.74) is 0.00878. The van der Waals surface area contributed by atoms with Crippen molar-refractivity contribution in [2.45, 2.75) is 37.9 Å². The number of piperidine rings is 2. The molecule has 5 amide bonds. The molecule has 3 aromatic carbocycles. The minimum absolute atomic E-state index is 0.0509. The highest BCUT2D eigenvalue weighted by Crippen LogP contribution is 2.38. The number of likely N-dealkylation sites (tertiary alicyclic amines) is 1. The molecule has 0 saturated carbocycles. The Hall–Kier alpha value is -4.75. The molecule has 3 N–H and O–H groups in total. The smallest absolute Gasteiger partial charge is 0.371 e. The fourth-order valence-corrected chi connectivity index (χ4v) is 10.5. The van der Waals surface area contributed by atoms with E-state index in [0.29, 0.717) is 30.7 Å². The van der Waals surface area contributed by atoms with Crippen molar-refractivity contribution in [2.75, 3.05) is 60.8 Å². The van der Waals surface area contributed by atoms with Gasteiger partial charge in [0.2, 0.25) is 11.8 Å². The van der Waals surface area contributed by atoms with Gasteiger partial charge in [-0.05, 0) is 91.6 Å². The van der Waals surface area contributed by atoms with E-state index in [0.717, 1.165) is 55.4 Å². The lowest BCUT2D eigenvalue weighted by Crippen LogP contribution is -2.54. The molecule has 0 aromatic heterocycles. The molecule has 0 spiro atoms. The van der Waals surface area contributed by atoms with Gasteiger partial charge < -0.3 is 15.1 Å². The predicted octanol–water partition coefficient (Wildman–Crippen LogP) is 5.10. The SMILES string of the molecule is O=C1CCC(N2C(=O)c3ccc(N4CC5CN(CC6CCN(S(=O)(=O)Nc7ccc(Cl)cc7C(=O)Nc7ccc(C(F)(F)F)cc7Cl)CC6)CC5C4)cc3C2=O)C(=O)N1. The predicted molar refractivity (Wildman–Crippen MR) is 211 cm³/mol. The first-order chi connectivity index (χ1) is 27.9. The first-order valence-electron chi connectivity index (χ1n) is 19.0. The molecule has 0 radical (unpaired) electrons. The standard InChI is InChI=1S/C39H38Cl2F3N7O7S/c40-25-2-6-31(29(14-25)35(53)45-32-5-1-24(13-30(32)41)39(42,43)44)47-59(57,58)50-11-9-21(10-12-50)16-48-17-22-19-49(20-23(22)18-48)26-3-4-27-28(15-26)38(56)51(37(27)55)33-7-8-34(52)46-36(33)54/h1-6,13-15,21-23,33,47H,7-12,16-20H2,(H,45,53)(H,46,52,54). The van der Waals surface area contributed by atoms with Crippen molar-refractivity contribution in [3.05, 3.63) is 86.9 Å². The summed E-state index contributed by atoms with van der Waals surface area (Å²) in [6, 6.07) is 10.6. The number of halogens is 5. The second-order valence-electron chi connectivity index (χ2n) is 15.6. The molecular formula is C39H38Cl2F3N7O7S. The van der Waals surface area contributed by atoms with Gasteiger partial charge in [-0.2, -0.15) is 25.9 Å². The molecule has 14 nitrogen and oxygen atoms in total. The first kappa shape index (κ1) is 41.0. The highest BCUT2D eigenvalue weighted by Gasteiger charge is 2.46. The van der Waals surface area contributed by atoms with Gasteiger partial charge in [-0.15, -0.1) is 0 Å². The monoisotopic (exact) mass is 875 g/mol. The summed E-state index contributed by atoms with van der Waals surface area (Å²) in [5.74, 6) is -1.97. The van der Waals surface area contributed by atoms with Crippen LogP contribution >= 0.6 is 23.2 Å². The zero-order valence-corrected chi connectivity index (χ0v) is 33.6. The quantitative estimate of drug-likeness (QED) is 0.248. The molecule has 312 valence electrons. The van der Waals surface area contributed by atoms with Crippen molar-refractivity contribution in [1.82, 2.24) is 19.4 Å². The zero-order chi connectivity index (χ0) is 42.0. The van der Waals surface area contributed by atoms with Gasteiger partial charge >= 0.3 is 16.4 Å². The summed E-state index contributed by atoms with van der Waals surface area (Å²) in [6.45, 7) is 4.59. The largest absolute Gasteiger partial charge is 0.416 e. The number of alkyl halides is 3. The van der Waals surface area contributed by atoms with E-state index < -0.39 is 57.5 Å². The van der Waals surface area contributed by atoms with Gasteiger partial charge in [-0.3, -0.25) is 38.9 Å². The minimum atomic E-state index is -4.63. The lowest BCUT2D eigenvalue weighted by Gasteiger charge is -2.33. The van der Waals surface area contributed by atoms with Crippen molar-refractivity contribution in [3.8, 4) is 0 Å². The average Bonchev–Trinajstić information content (AvgIpc) is 3.82. The van der Waals surface area contributed by atoms with Crippen molar-refractivity contribution in [2.24, 2.45) is 17.8 Å². The summed E-state index contributed by atoms with van der Waals surface area (Å²) in [6.07, 6.45) is -3.25. The van der Waals surface area contributed by atoms with Crippen molar-refractivity contribution < 1.29 is 45.6 Å². The van der Waals surface area contributed by atoms with E-state index in [1.807, 2.05) is 6.07 Å². The van der Waals surface area contributed by atoms with Crippen LogP contribution in [0.3, 0.4) is 0 Å². The number of imide groups is 2. The summed E-state index contributed by atoms with van der Waals surface area (Å²) in [5, 5.41) is 4.43. The molecule has 20 heteroatoms. The number of hydrogen-bond donors (Lipinski definition) is 3. The molecule has 5 aliphatic rings. The minimum Gasteiger partial charge on any atom is -0.371 e. The number of hydrogen-bond acceptors (Lipinski definition) is 9. The molecule has 0 aliphatic carbocycles. The number of nitrogens with zero attached hydrogens (tertiary/aromatic N) is 4. The van der Waals surface area contributed by atoms with Gasteiger partial charge in [0, 0.05) is 62.9 Å². The number of nitrogens with one attached hydrogen (secondary N) is 3. The number of carbonyl (C=O) groups is 5. The molecule has 5 aliphatic heterocycles. The Morgan fingerprint density at radius 2 is 1.51 bits per heavy atom. The summed E-state index contributed by atoms with van der Waals surface area (Å²) >= 11 is 12.2. The third-order valence-corrected chi connectivity index (χ3v) is 13.9. The van der Waals surface area contributed by atoms with Crippen LogP contribution in [0.2, 0.25) is 10.0 Å². The Morgan fingerprint density at radius 1 is 0.831 bits per heavy atom. The van der Waals surface area contributed by atoms with Crippen LogP contribution in [0, 0.1) is 17.8 Å². The second kappa shape index (κ2) is 15.7. The Kier molecular flexibility index (Phi) is 10.9. The van der Waals surface area contributed by atoms with Gasteiger partial charge in [0.15, 0.2) is 0 Å². The Morgan fingerprint density at radius 3 is 2.17 bits per heavy atom. The van der Waals surface area contributed by atoms with Crippen molar-refractivity contribution >= 4 is 80.0 Å². The molecule has 4 saturated heterocycles. The number of carbonyl (C=O) groups excluding carboxylic acids is 5. The molecular weight excluding hydrogens is 838 g/mol. The molecule has 59 heavy (non-hydrogen) atoms. The average molecular weight is 877 g/mol. The zero-order valence-electron chi connectivity index (χ0n) is 31.2. The van der Waals surface area contributed by atoms with Crippen LogP contribution in [-0.4, -0.2) is 104 Å². The van der Waals surface area contributed by atoms with Gasteiger partial charge in [0.05, 0.1) is 38.7 Å². The van der Waals surface area contributed by atoms with E-state index in [4.69, 9.17) is 23.2 Å². The van der Waals surface area contributed by atoms with Gasteiger partial charge in [0.1, 0.15) is 6.04 Å². The van der Waals surface area contributed by atoms with Crippen LogP contribution in [0.25, 0.3) is 0 Å². The van der Waals surface area contributed by atoms with E-state index in [2.05, 4.69) is 25.2 Å². The van der Waals surface area contributed by atoms with Crippen LogP contribution in [0.15, 0.2) is 54.6 Å². The number of benzene rings is 3. The molecule has 0 bridgehead atoms. The maximum Gasteiger partial charge on any atom is 0.416 e. The van der Waals surface area contributed by atoms with E-state index in [9.17, 15) is 45.6 Å². The van der Waals surface area contributed by atoms with E-state index >= 15 is 0 Å². The van der Waals surface area contributed by atoms with E-state index in [-0.39, 0.29) is 70.0 Å². The highest BCUT2D eigenvalue weighted by molar-refractivity contribution is 7.90. The summed E-state index contributed by atoms with van der Waals surface area (Å²) in [7, 11) is -4.11. The normalized spacial score (nSPS) is 23.1. The Bertz CT molecular complexity index is 2360. The summed E-state index contributed by atoms with van der Waals surface area (Å²) < 4.78 is 70.2. The molecule has 8 rings (SSSR count). The highest BCUT2D eigenvalue weighted by atomic mass is 35.5. The molecule has 3 atom stereocenters. The van der Waals surface area contributed by atoms with Gasteiger partial charge in [-0.1, -0.05) is 23.2 Å². The first-order valence-corrected chi connectivity index (χ1v) is 21.2. The van der Waals surface area contributed by atoms with Crippen LogP contribution in [0.1, 0.15) is 62.3 Å².